The van der Waals surface area contributed by atoms with E-state index in [-0.39, 0.29) is 23.6 Å². The number of aromatic nitrogens is 1. The van der Waals surface area contributed by atoms with Crippen LogP contribution in [0.2, 0.25) is 10.0 Å². The Morgan fingerprint density at radius 2 is 1.62 bits per heavy atom. The topological polar surface area (TPSA) is 92.2 Å². The Morgan fingerprint density at radius 3 is 2.33 bits per heavy atom. The van der Waals surface area contributed by atoms with E-state index in [0.29, 0.717) is 45.8 Å². The molecule has 3 amide bonds. The van der Waals surface area contributed by atoms with E-state index in [2.05, 4.69) is 16.0 Å². The normalized spacial score (nSPS) is 11.0. The number of carbonyl (C=O) groups excluding carboxylic acids is 3. The minimum absolute atomic E-state index is 0.0696. The number of hydrogen-bond donors (Lipinski definition) is 3. The van der Waals surface area contributed by atoms with Gasteiger partial charge in [0, 0.05) is 46.3 Å². The van der Waals surface area contributed by atoms with Gasteiger partial charge in [-0.25, -0.2) is 0 Å². The zero-order valence-electron chi connectivity index (χ0n) is 22.0. The highest BCUT2D eigenvalue weighted by Gasteiger charge is 2.18. The van der Waals surface area contributed by atoms with Crippen LogP contribution in [0.5, 0.6) is 0 Å². The van der Waals surface area contributed by atoms with E-state index >= 15 is 0 Å². The molecule has 39 heavy (non-hydrogen) atoms. The summed E-state index contributed by atoms with van der Waals surface area (Å²) in [5.74, 6) is -0.825. The summed E-state index contributed by atoms with van der Waals surface area (Å²) in [6, 6.07) is 19.4. The molecule has 202 valence electrons. The van der Waals surface area contributed by atoms with Crippen molar-refractivity contribution >= 4 is 63.2 Å². The number of aryl methyl sites for hydroxylation is 1. The summed E-state index contributed by atoms with van der Waals surface area (Å²) < 4.78 is 1.96. The van der Waals surface area contributed by atoms with Crippen molar-refractivity contribution in [2.45, 2.75) is 40.3 Å². The second-order valence-corrected chi connectivity index (χ2v) is 10.4. The first-order chi connectivity index (χ1) is 18.7. The molecule has 0 aliphatic carbocycles. The van der Waals surface area contributed by atoms with Gasteiger partial charge in [0.2, 0.25) is 5.91 Å². The highest BCUT2D eigenvalue weighted by Crippen LogP contribution is 2.27. The molecule has 4 aromatic rings. The monoisotopic (exact) mass is 564 g/mol. The van der Waals surface area contributed by atoms with Gasteiger partial charge in [0.15, 0.2) is 0 Å². The van der Waals surface area contributed by atoms with Crippen LogP contribution < -0.4 is 16.0 Å². The summed E-state index contributed by atoms with van der Waals surface area (Å²) in [4.78, 5) is 38.2. The number of nitrogens with one attached hydrogen (secondary N) is 3. The first-order valence-electron chi connectivity index (χ1n) is 12.7. The van der Waals surface area contributed by atoms with Gasteiger partial charge in [-0.05, 0) is 66.6 Å². The van der Waals surface area contributed by atoms with Crippen LogP contribution in [0.3, 0.4) is 0 Å². The molecule has 0 aliphatic heterocycles. The lowest BCUT2D eigenvalue weighted by Crippen LogP contribution is -2.27. The van der Waals surface area contributed by atoms with Crippen molar-refractivity contribution in [2.24, 2.45) is 5.92 Å². The van der Waals surface area contributed by atoms with Gasteiger partial charge in [-0.1, -0.05) is 56.1 Å². The summed E-state index contributed by atoms with van der Waals surface area (Å²) in [7, 11) is 0. The Morgan fingerprint density at radius 1 is 0.872 bits per heavy atom. The molecule has 0 atom stereocenters. The molecule has 0 fully saturated rings. The molecule has 0 saturated heterocycles. The molecule has 0 unspecified atom stereocenters. The predicted octanol–water partition coefficient (Wildman–Crippen LogP) is 7.13. The molecule has 9 heteroatoms. The van der Waals surface area contributed by atoms with Crippen molar-refractivity contribution in [3.8, 4) is 0 Å². The van der Waals surface area contributed by atoms with E-state index in [4.69, 9.17) is 23.2 Å². The lowest BCUT2D eigenvalue weighted by Gasteiger charge is -2.12. The van der Waals surface area contributed by atoms with Gasteiger partial charge in [0.25, 0.3) is 11.8 Å². The van der Waals surface area contributed by atoms with Crippen LogP contribution in [0.25, 0.3) is 10.9 Å². The average molecular weight is 566 g/mol. The Balaban J connectivity index is 1.56. The van der Waals surface area contributed by atoms with Gasteiger partial charge in [0.05, 0.1) is 10.6 Å². The van der Waals surface area contributed by atoms with E-state index < -0.39 is 0 Å². The van der Waals surface area contributed by atoms with Gasteiger partial charge >= 0.3 is 0 Å². The molecule has 0 spiro atoms. The standard InChI is InChI=1S/C30H30Cl2N4O3/c1-4-12-36-26-11-9-23(14-20(26)15-27(36)30(39)35-22-7-5-6-21(31)16-22)34-29(38)24-13-19(8-10-25(24)32)17-33-28(37)18(2)3/h5-11,13-16,18H,4,12,17H2,1-3H3,(H,33,37)(H,34,38)(H,35,39). The lowest BCUT2D eigenvalue weighted by atomic mass is 10.1. The summed E-state index contributed by atoms with van der Waals surface area (Å²) in [5.41, 5.74) is 3.63. The molecule has 0 bridgehead atoms. The SMILES string of the molecule is CCCn1c(C(=O)Nc2cccc(Cl)c2)cc2cc(NC(=O)c3cc(CNC(=O)C(C)C)ccc3Cl)ccc21. The average Bonchev–Trinajstić information content (AvgIpc) is 3.25. The molecule has 1 heterocycles. The van der Waals surface area contributed by atoms with Crippen molar-refractivity contribution in [1.82, 2.24) is 9.88 Å². The summed E-state index contributed by atoms with van der Waals surface area (Å²) >= 11 is 12.4. The maximum atomic E-state index is 13.2. The van der Waals surface area contributed by atoms with Crippen LogP contribution in [-0.4, -0.2) is 22.3 Å². The molecule has 1 aromatic heterocycles. The largest absolute Gasteiger partial charge is 0.352 e. The molecular formula is C30H30Cl2N4O3. The summed E-state index contributed by atoms with van der Waals surface area (Å²) in [5, 5.41) is 10.3. The van der Waals surface area contributed by atoms with Crippen molar-refractivity contribution in [3.63, 3.8) is 0 Å². The number of nitrogens with zero attached hydrogens (tertiary/aromatic N) is 1. The molecule has 7 nitrogen and oxygen atoms in total. The van der Waals surface area contributed by atoms with Crippen LogP contribution in [0.1, 0.15) is 53.6 Å². The molecular weight excluding hydrogens is 535 g/mol. The molecule has 0 radical (unpaired) electrons. The lowest BCUT2D eigenvalue weighted by molar-refractivity contribution is -0.124. The number of hydrogen-bond acceptors (Lipinski definition) is 3. The second kappa shape index (κ2) is 12.4. The van der Waals surface area contributed by atoms with Crippen molar-refractivity contribution < 1.29 is 14.4 Å². The maximum absolute atomic E-state index is 13.2. The minimum atomic E-state index is -0.372. The highest BCUT2D eigenvalue weighted by molar-refractivity contribution is 6.34. The number of halogens is 2. The zero-order chi connectivity index (χ0) is 28.1. The third-order valence-corrected chi connectivity index (χ3v) is 6.75. The number of anilines is 2. The Kier molecular flexibility index (Phi) is 8.94. The van der Waals surface area contributed by atoms with Gasteiger partial charge in [-0.3, -0.25) is 14.4 Å². The Labute approximate surface area is 237 Å². The number of carbonyl (C=O) groups is 3. The molecule has 3 N–H and O–H groups in total. The Bertz CT molecular complexity index is 1540. The van der Waals surface area contributed by atoms with Crippen molar-refractivity contribution in [1.29, 1.82) is 0 Å². The highest BCUT2D eigenvalue weighted by atomic mass is 35.5. The van der Waals surface area contributed by atoms with Crippen LogP contribution in [0, 0.1) is 5.92 Å². The van der Waals surface area contributed by atoms with Crippen molar-refractivity contribution in [2.75, 3.05) is 10.6 Å². The first kappa shape index (κ1) is 28.2. The predicted molar refractivity (Wildman–Crippen MR) is 158 cm³/mol. The van der Waals surface area contributed by atoms with Crippen LogP contribution in [-0.2, 0) is 17.9 Å². The first-order valence-corrected chi connectivity index (χ1v) is 13.5. The molecule has 4 rings (SSSR count). The molecule has 0 aliphatic rings. The number of fused-ring (bicyclic) bond motifs is 1. The van der Waals surface area contributed by atoms with Gasteiger partial charge < -0.3 is 20.5 Å². The maximum Gasteiger partial charge on any atom is 0.272 e. The van der Waals surface area contributed by atoms with Crippen LogP contribution in [0.4, 0.5) is 11.4 Å². The fourth-order valence-electron chi connectivity index (χ4n) is 4.21. The number of benzene rings is 3. The summed E-state index contributed by atoms with van der Waals surface area (Å²) in [6.45, 7) is 6.63. The second-order valence-electron chi connectivity index (χ2n) is 9.56. The van der Waals surface area contributed by atoms with E-state index in [1.54, 1.807) is 48.5 Å². The van der Waals surface area contributed by atoms with Gasteiger partial charge in [0.1, 0.15) is 5.69 Å². The van der Waals surface area contributed by atoms with E-state index in [1.807, 2.05) is 43.5 Å². The molecule has 3 aromatic carbocycles. The van der Waals surface area contributed by atoms with Crippen molar-refractivity contribution in [3.05, 3.63) is 93.6 Å². The van der Waals surface area contributed by atoms with Crippen LogP contribution in [0.15, 0.2) is 66.7 Å². The smallest absolute Gasteiger partial charge is 0.272 e. The fraction of sp³-hybridized carbons (Fsp3) is 0.233. The van der Waals surface area contributed by atoms with Gasteiger partial charge in [-0.15, -0.1) is 0 Å². The minimum Gasteiger partial charge on any atom is -0.352 e. The molecule has 0 saturated carbocycles. The zero-order valence-corrected chi connectivity index (χ0v) is 23.5. The van der Waals surface area contributed by atoms with E-state index in [9.17, 15) is 14.4 Å². The van der Waals surface area contributed by atoms with E-state index in [1.165, 1.54) is 0 Å². The van der Waals surface area contributed by atoms with E-state index in [0.717, 1.165) is 22.9 Å². The fourth-order valence-corrected chi connectivity index (χ4v) is 4.60. The Hall–Kier alpha value is -3.81. The quantitative estimate of drug-likeness (QED) is 0.202. The third kappa shape index (κ3) is 6.80. The van der Waals surface area contributed by atoms with Gasteiger partial charge in [-0.2, -0.15) is 0 Å². The van der Waals surface area contributed by atoms with Crippen LogP contribution >= 0.6 is 23.2 Å². The third-order valence-electron chi connectivity index (χ3n) is 6.19. The number of amides is 3. The summed E-state index contributed by atoms with van der Waals surface area (Å²) in [6.07, 6.45) is 0.839. The number of rotatable bonds is 9.